The third kappa shape index (κ3) is 2.01. The van der Waals surface area contributed by atoms with Gasteiger partial charge in [-0.15, -0.1) is 0 Å². The highest BCUT2D eigenvalue weighted by molar-refractivity contribution is 7.07. The van der Waals surface area contributed by atoms with Crippen molar-refractivity contribution in [3.8, 4) is 0 Å². The Hall–Kier alpha value is -0.340. The Morgan fingerprint density at radius 1 is 1.50 bits per heavy atom. The summed E-state index contributed by atoms with van der Waals surface area (Å²) in [5, 5.41) is 4.48. The van der Waals surface area contributed by atoms with Gasteiger partial charge in [0.2, 0.25) is 0 Å². The summed E-state index contributed by atoms with van der Waals surface area (Å²) in [7, 11) is 0. The van der Waals surface area contributed by atoms with Gasteiger partial charge in [-0.1, -0.05) is 13.3 Å². The van der Waals surface area contributed by atoms with Gasteiger partial charge >= 0.3 is 0 Å². The predicted molar refractivity (Wildman–Crippen MR) is 62.6 cm³/mol. The molecule has 0 aliphatic heterocycles. The first-order chi connectivity index (χ1) is 6.81. The lowest BCUT2D eigenvalue weighted by molar-refractivity contribution is 0.254. The molecule has 0 spiro atoms. The Morgan fingerprint density at radius 2 is 2.36 bits per heavy atom. The summed E-state index contributed by atoms with van der Waals surface area (Å²) >= 11 is 1.81. The Bertz CT molecular complexity index is 268. The van der Waals surface area contributed by atoms with Crippen molar-refractivity contribution < 1.29 is 0 Å². The number of hydrogen-bond donors (Lipinski definition) is 1. The Labute approximate surface area is 90.3 Å². The molecule has 3 atom stereocenters. The predicted octanol–water partition coefficient (Wildman–Crippen LogP) is 3.23. The van der Waals surface area contributed by atoms with Gasteiger partial charge in [-0.25, -0.2) is 0 Å². The molecule has 1 fully saturated rings. The molecule has 0 saturated heterocycles. The third-order valence-electron chi connectivity index (χ3n) is 3.53. The minimum Gasteiger partial charge on any atom is -0.330 e. The molecular formula is C12H19NS. The van der Waals surface area contributed by atoms with Crippen LogP contribution in [0.1, 0.15) is 37.7 Å². The van der Waals surface area contributed by atoms with Crippen LogP contribution in [0.2, 0.25) is 0 Å². The lowest BCUT2D eigenvalue weighted by Crippen LogP contribution is -2.27. The summed E-state index contributed by atoms with van der Waals surface area (Å²) in [6.07, 6.45) is 4.01. The Kier molecular flexibility index (Phi) is 3.24. The van der Waals surface area contributed by atoms with Gasteiger partial charge < -0.3 is 5.73 Å². The number of thiophene rings is 1. The molecule has 2 heteroatoms. The molecule has 3 unspecified atom stereocenters. The highest BCUT2D eigenvalue weighted by Crippen LogP contribution is 2.40. The summed E-state index contributed by atoms with van der Waals surface area (Å²) < 4.78 is 0. The van der Waals surface area contributed by atoms with Gasteiger partial charge in [0.25, 0.3) is 0 Å². The average Bonchev–Trinajstić information content (AvgIpc) is 2.70. The molecule has 1 aliphatic rings. The second kappa shape index (κ2) is 4.45. The van der Waals surface area contributed by atoms with Crippen molar-refractivity contribution in [3.05, 3.63) is 22.4 Å². The van der Waals surface area contributed by atoms with E-state index in [2.05, 4.69) is 23.8 Å². The van der Waals surface area contributed by atoms with Gasteiger partial charge in [-0.3, -0.25) is 0 Å². The van der Waals surface area contributed by atoms with E-state index in [1.165, 1.54) is 24.8 Å². The molecule has 2 N–H and O–H groups in total. The molecule has 0 aromatic carbocycles. The molecule has 0 amide bonds. The zero-order valence-corrected chi connectivity index (χ0v) is 9.59. The highest BCUT2D eigenvalue weighted by Gasteiger charge is 2.28. The van der Waals surface area contributed by atoms with Gasteiger partial charge in [0, 0.05) is 0 Å². The first-order valence-corrected chi connectivity index (χ1v) is 6.47. The average molecular weight is 209 g/mol. The van der Waals surface area contributed by atoms with E-state index in [4.69, 9.17) is 5.73 Å². The van der Waals surface area contributed by atoms with Crippen molar-refractivity contribution in [2.24, 2.45) is 17.6 Å². The second-order valence-corrected chi connectivity index (χ2v) is 5.36. The monoisotopic (exact) mass is 209 g/mol. The molecule has 1 nitrogen and oxygen atoms in total. The van der Waals surface area contributed by atoms with Gasteiger partial charge in [0.15, 0.2) is 0 Å². The SMILES string of the molecule is CC1CCC(CN)C(c2ccsc2)C1. The fourth-order valence-electron chi connectivity index (χ4n) is 2.62. The van der Waals surface area contributed by atoms with Crippen LogP contribution in [0.3, 0.4) is 0 Å². The maximum atomic E-state index is 5.85. The van der Waals surface area contributed by atoms with Crippen LogP contribution in [-0.2, 0) is 0 Å². The second-order valence-electron chi connectivity index (χ2n) is 4.58. The molecule has 1 heterocycles. The van der Waals surface area contributed by atoms with Gasteiger partial charge in [-0.2, -0.15) is 11.3 Å². The van der Waals surface area contributed by atoms with Crippen molar-refractivity contribution >= 4 is 11.3 Å². The maximum Gasteiger partial charge on any atom is -0.00430 e. The van der Waals surface area contributed by atoms with Crippen LogP contribution >= 0.6 is 11.3 Å². The molecule has 78 valence electrons. The van der Waals surface area contributed by atoms with Crippen LogP contribution in [0.15, 0.2) is 16.8 Å². The van der Waals surface area contributed by atoms with E-state index in [1.54, 1.807) is 11.3 Å². The van der Waals surface area contributed by atoms with Crippen LogP contribution in [-0.4, -0.2) is 6.54 Å². The van der Waals surface area contributed by atoms with E-state index in [1.807, 2.05) is 0 Å². The minimum absolute atomic E-state index is 0.723. The molecule has 0 bridgehead atoms. The zero-order chi connectivity index (χ0) is 9.97. The van der Waals surface area contributed by atoms with Crippen molar-refractivity contribution in [3.63, 3.8) is 0 Å². The van der Waals surface area contributed by atoms with Crippen LogP contribution in [0.4, 0.5) is 0 Å². The summed E-state index contributed by atoms with van der Waals surface area (Å²) in [5.41, 5.74) is 7.37. The summed E-state index contributed by atoms with van der Waals surface area (Å²) in [6.45, 7) is 3.22. The summed E-state index contributed by atoms with van der Waals surface area (Å²) in [5.74, 6) is 2.33. The first kappa shape index (κ1) is 10.2. The van der Waals surface area contributed by atoms with Crippen molar-refractivity contribution in [2.75, 3.05) is 6.54 Å². The van der Waals surface area contributed by atoms with Crippen molar-refractivity contribution in [2.45, 2.75) is 32.1 Å². The Morgan fingerprint density at radius 3 is 3.00 bits per heavy atom. The van der Waals surface area contributed by atoms with Crippen LogP contribution in [0.25, 0.3) is 0 Å². The summed E-state index contributed by atoms with van der Waals surface area (Å²) in [6, 6.07) is 2.27. The van der Waals surface area contributed by atoms with E-state index in [9.17, 15) is 0 Å². The molecular weight excluding hydrogens is 190 g/mol. The fraction of sp³-hybridized carbons (Fsp3) is 0.667. The first-order valence-electron chi connectivity index (χ1n) is 5.53. The zero-order valence-electron chi connectivity index (χ0n) is 8.78. The van der Waals surface area contributed by atoms with Crippen LogP contribution < -0.4 is 5.73 Å². The lowest BCUT2D eigenvalue weighted by Gasteiger charge is -2.34. The molecule has 1 aromatic heterocycles. The largest absolute Gasteiger partial charge is 0.330 e. The lowest BCUT2D eigenvalue weighted by atomic mass is 9.72. The van der Waals surface area contributed by atoms with Crippen LogP contribution in [0, 0.1) is 11.8 Å². The normalized spacial score (nSPS) is 33.1. The third-order valence-corrected chi connectivity index (χ3v) is 4.23. The van der Waals surface area contributed by atoms with E-state index in [0.29, 0.717) is 0 Å². The number of nitrogens with two attached hydrogens (primary N) is 1. The molecule has 2 rings (SSSR count). The van der Waals surface area contributed by atoms with E-state index in [-0.39, 0.29) is 0 Å². The van der Waals surface area contributed by atoms with Crippen molar-refractivity contribution in [1.82, 2.24) is 0 Å². The van der Waals surface area contributed by atoms with Gasteiger partial charge in [0.1, 0.15) is 0 Å². The van der Waals surface area contributed by atoms with E-state index in [0.717, 1.165) is 24.3 Å². The van der Waals surface area contributed by atoms with E-state index < -0.39 is 0 Å². The number of rotatable bonds is 2. The molecule has 1 aliphatic carbocycles. The van der Waals surface area contributed by atoms with E-state index >= 15 is 0 Å². The minimum atomic E-state index is 0.723. The quantitative estimate of drug-likeness (QED) is 0.795. The molecule has 1 saturated carbocycles. The van der Waals surface area contributed by atoms with Crippen molar-refractivity contribution in [1.29, 1.82) is 0 Å². The molecule has 0 radical (unpaired) electrons. The molecule has 1 aromatic rings. The van der Waals surface area contributed by atoms with Crippen LogP contribution in [0.5, 0.6) is 0 Å². The topological polar surface area (TPSA) is 26.0 Å². The number of hydrogen-bond acceptors (Lipinski definition) is 2. The summed E-state index contributed by atoms with van der Waals surface area (Å²) in [4.78, 5) is 0. The fourth-order valence-corrected chi connectivity index (χ4v) is 3.34. The van der Waals surface area contributed by atoms with Gasteiger partial charge in [-0.05, 0) is 59.5 Å². The highest BCUT2D eigenvalue weighted by atomic mass is 32.1. The molecule has 14 heavy (non-hydrogen) atoms. The Balaban J connectivity index is 2.13. The van der Waals surface area contributed by atoms with Gasteiger partial charge in [0.05, 0.1) is 0 Å². The smallest absolute Gasteiger partial charge is 0.00430 e. The maximum absolute atomic E-state index is 5.85. The standard InChI is InChI=1S/C12H19NS/c1-9-2-3-10(7-13)12(6-9)11-4-5-14-8-11/h4-5,8-10,12H,2-3,6-7,13H2,1H3.